The first-order valence-electron chi connectivity index (χ1n) is 2.51. The molecule has 1 unspecified atom stereocenters. The fraction of sp³-hybridized carbons (Fsp3) is 0. The van der Waals surface area contributed by atoms with Crippen LogP contribution in [0.4, 0.5) is 0 Å². The second kappa shape index (κ2) is 5.54. The second-order valence-electron chi connectivity index (χ2n) is 1.68. The van der Waals surface area contributed by atoms with E-state index in [1.165, 1.54) is 12.3 Å². The van der Waals surface area contributed by atoms with Gasteiger partial charge < -0.3 is 4.55 Å². The van der Waals surface area contributed by atoms with Crippen molar-refractivity contribution in [2.75, 3.05) is 0 Å². The maximum absolute atomic E-state index is 10.3. The van der Waals surface area contributed by atoms with E-state index in [1.807, 2.05) is 0 Å². The Morgan fingerprint density at radius 2 is 2.08 bits per heavy atom. The molecular weight excluding hydrogens is 232 g/mol. The van der Waals surface area contributed by atoms with Crippen molar-refractivity contribution < 1.29 is 38.3 Å². The normalized spacial score (nSPS) is 11.9. The maximum atomic E-state index is 10.3. The molecule has 0 aliphatic heterocycles. The van der Waals surface area contributed by atoms with Crippen LogP contribution in [-0.2, 0) is 11.1 Å². The molecule has 0 N–H and O–H groups in total. The number of halogens is 2. The van der Waals surface area contributed by atoms with E-state index in [-0.39, 0.29) is 39.6 Å². The number of aromatic nitrogens is 1. The van der Waals surface area contributed by atoms with E-state index in [2.05, 4.69) is 4.98 Å². The van der Waals surface area contributed by atoms with E-state index in [1.54, 1.807) is 0 Å². The summed E-state index contributed by atoms with van der Waals surface area (Å²) in [6.07, 6.45) is 1.22. The van der Waals surface area contributed by atoms with Crippen LogP contribution in [0.3, 0.4) is 0 Å². The summed E-state index contributed by atoms with van der Waals surface area (Å²) in [6.45, 7) is 0. The molecule has 12 heavy (non-hydrogen) atoms. The summed E-state index contributed by atoms with van der Waals surface area (Å²) in [5.74, 6) is 0. The summed E-state index contributed by atoms with van der Waals surface area (Å²) >= 11 is 8.56. The van der Waals surface area contributed by atoms with Crippen molar-refractivity contribution >= 4 is 34.3 Å². The number of hydrogen-bond donors (Lipinski definition) is 0. The SMILES string of the molecule is O=S([O-])c1ncc(Cl)cc1Cl.[Na+]. The minimum Gasteiger partial charge on any atom is -0.767 e. The minimum absolute atomic E-state index is 0. The van der Waals surface area contributed by atoms with Gasteiger partial charge in [-0.2, -0.15) is 0 Å². The Labute approximate surface area is 104 Å². The van der Waals surface area contributed by atoms with Crippen LogP contribution in [0.1, 0.15) is 0 Å². The third kappa shape index (κ3) is 3.30. The third-order valence-corrected chi connectivity index (χ3v) is 2.18. The van der Waals surface area contributed by atoms with Gasteiger partial charge in [-0.25, -0.2) is 4.98 Å². The van der Waals surface area contributed by atoms with Crippen molar-refractivity contribution in [2.24, 2.45) is 0 Å². The summed E-state index contributed by atoms with van der Waals surface area (Å²) in [4.78, 5) is 3.50. The van der Waals surface area contributed by atoms with Crippen molar-refractivity contribution in [3.8, 4) is 0 Å². The molecule has 60 valence electrons. The first-order chi connectivity index (χ1) is 5.11. The first kappa shape index (κ1) is 12.8. The van der Waals surface area contributed by atoms with Gasteiger partial charge in [-0.1, -0.05) is 23.2 Å². The maximum Gasteiger partial charge on any atom is 1.00 e. The zero-order valence-corrected chi connectivity index (χ0v) is 10.4. The molecule has 0 aliphatic rings. The van der Waals surface area contributed by atoms with Gasteiger partial charge in [0.25, 0.3) is 0 Å². The van der Waals surface area contributed by atoms with E-state index in [9.17, 15) is 8.76 Å². The molecule has 0 spiro atoms. The van der Waals surface area contributed by atoms with Crippen LogP contribution < -0.4 is 29.6 Å². The molecule has 1 atom stereocenters. The number of rotatable bonds is 1. The van der Waals surface area contributed by atoms with Crippen LogP contribution in [0.5, 0.6) is 0 Å². The molecule has 0 saturated carbocycles. The fourth-order valence-corrected chi connectivity index (χ4v) is 1.45. The Morgan fingerprint density at radius 1 is 1.50 bits per heavy atom. The molecule has 0 aliphatic carbocycles. The van der Waals surface area contributed by atoms with Crippen LogP contribution >= 0.6 is 23.2 Å². The quantitative estimate of drug-likeness (QED) is 0.445. The van der Waals surface area contributed by atoms with Crippen molar-refractivity contribution in [3.63, 3.8) is 0 Å². The van der Waals surface area contributed by atoms with Gasteiger partial charge in [-0.05, 0) is 17.1 Å². The van der Waals surface area contributed by atoms with Gasteiger partial charge in [-0.3, -0.25) is 4.21 Å². The van der Waals surface area contributed by atoms with Crippen LogP contribution in [0.25, 0.3) is 0 Å². The molecule has 0 radical (unpaired) electrons. The summed E-state index contributed by atoms with van der Waals surface area (Å²) in [7, 11) is 0. The second-order valence-corrected chi connectivity index (χ2v) is 3.37. The topological polar surface area (TPSA) is 53.0 Å². The largest absolute Gasteiger partial charge is 1.00 e. The molecule has 7 heteroatoms. The zero-order chi connectivity index (χ0) is 8.43. The molecule has 0 bridgehead atoms. The smallest absolute Gasteiger partial charge is 0.767 e. The molecule has 1 aromatic rings. The predicted octanol–water partition coefficient (Wildman–Crippen LogP) is -1.37. The van der Waals surface area contributed by atoms with Gasteiger partial charge in [0.05, 0.1) is 10.0 Å². The minimum atomic E-state index is -2.40. The molecule has 1 heterocycles. The predicted molar refractivity (Wildman–Crippen MR) is 41.4 cm³/mol. The Bertz CT molecular complexity index is 309. The van der Waals surface area contributed by atoms with Crippen LogP contribution in [0.15, 0.2) is 17.3 Å². The van der Waals surface area contributed by atoms with Crippen molar-refractivity contribution in [2.45, 2.75) is 5.03 Å². The van der Waals surface area contributed by atoms with E-state index < -0.39 is 11.1 Å². The molecule has 0 amide bonds. The van der Waals surface area contributed by atoms with Gasteiger partial charge in [0.1, 0.15) is 5.03 Å². The Kier molecular flexibility index (Phi) is 5.93. The van der Waals surface area contributed by atoms with E-state index >= 15 is 0 Å². The number of nitrogens with zero attached hydrogens (tertiary/aromatic N) is 1. The van der Waals surface area contributed by atoms with Crippen LogP contribution in [-0.4, -0.2) is 13.7 Å². The van der Waals surface area contributed by atoms with Gasteiger partial charge in [-0.15, -0.1) is 0 Å². The van der Waals surface area contributed by atoms with Crippen molar-refractivity contribution in [3.05, 3.63) is 22.3 Å². The summed E-state index contributed by atoms with van der Waals surface area (Å²) in [6, 6.07) is 1.32. The van der Waals surface area contributed by atoms with E-state index in [0.29, 0.717) is 5.02 Å². The van der Waals surface area contributed by atoms with Gasteiger partial charge in [0.15, 0.2) is 0 Å². The summed E-state index contributed by atoms with van der Waals surface area (Å²) in [5, 5.41) is 0.158. The van der Waals surface area contributed by atoms with Gasteiger partial charge in [0, 0.05) is 6.20 Å². The molecule has 3 nitrogen and oxygen atoms in total. The molecular formula is C5H2Cl2NNaO2S. The number of hydrogen-bond acceptors (Lipinski definition) is 3. The van der Waals surface area contributed by atoms with Gasteiger partial charge in [0.2, 0.25) is 0 Å². The standard InChI is InChI=1S/C5H3Cl2NO2S.Na/c6-3-1-4(7)5(8-2-3)11(9)10;/h1-2H,(H,9,10);/q;+1/p-1. The average Bonchev–Trinajstić information content (AvgIpc) is 1.85. The van der Waals surface area contributed by atoms with Crippen LogP contribution in [0, 0.1) is 0 Å². The van der Waals surface area contributed by atoms with Crippen molar-refractivity contribution in [1.82, 2.24) is 4.98 Å². The van der Waals surface area contributed by atoms with Gasteiger partial charge >= 0.3 is 29.6 Å². The zero-order valence-electron chi connectivity index (χ0n) is 6.08. The molecule has 1 rings (SSSR count). The molecule has 0 saturated heterocycles. The monoisotopic (exact) mass is 233 g/mol. The summed E-state index contributed by atoms with van der Waals surface area (Å²) in [5.41, 5.74) is 0. The Hall–Kier alpha value is 0.840. The van der Waals surface area contributed by atoms with Crippen LogP contribution in [0.2, 0.25) is 10.0 Å². The van der Waals surface area contributed by atoms with Crippen molar-refractivity contribution in [1.29, 1.82) is 0 Å². The van der Waals surface area contributed by atoms with E-state index in [4.69, 9.17) is 23.2 Å². The van der Waals surface area contributed by atoms with E-state index in [0.717, 1.165) is 0 Å². The molecule has 0 fully saturated rings. The average molecular weight is 234 g/mol. The fourth-order valence-electron chi connectivity index (χ4n) is 0.525. The number of pyridine rings is 1. The Morgan fingerprint density at radius 3 is 2.50 bits per heavy atom. The Balaban J connectivity index is 0.00000121. The molecule has 0 aromatic carbocycles. The summed E-state index contributed by atoms with van der Waals surface area (Å²) < 4.78 is 20.7. The molecule has 1 aromatic heterocycles. The third-order valence-electron chi connectivity index (χ3n) is 0.932. The first-order valence-corrected chi connectivity index (χ1v) is 4.34.